The lowest BCUT2D eigenvalue weighted by Crippen LogP contribution is -2.38. The molecule has 0 fully saturated rings. The number of nitrogens with zero attached hydrogens (tertiary/aromatic N) is 2. The number of rotatable bonds is 7. The first-order chi connectivity index (χ1) is 15.0. The van der Waals surface area contributed by atoms with Gasteiger partial charge >= 0.3 is 0 Å². The Hall–Kier alpha value is -3.81. The predicted octanol–water partition coefficient (Wildman–Crippen LogP) is 2.70. The largest absolute Gasteiger partial charge is 0.492 e. The summed E-state index contributed by atoms with van der Waals surface area (Å²) in [7, 11) is 0. The fraction of sp³-hybridized carbons (Fsp3) is 0.261. The van der Waals surface area contributed by atoms with Crippen LogP contribution >= 0.6 is 0 Å². The molecular weight excluding hydrogens is 398 g/mol. The molecule has 0 aliphatic carbocycles. The number of carbonyl (C=O) groups excluding carboxylic acids is 1. The number of aryl methyl sites for hydroxylation is 1. The molecule has 1 atom stereocenters. The lowest BCUT2D eigenvalue weighted by atomic mass is 10.1. The number of fused-ring (bicyclic) bond motifs is 1. The maximum Gasteiger partial charge on any atom is 0.267 e. The number of hydrogen-bond acceptors (Lipinski definition) is 6. The van der Waals surface area contributed by atoms with Crippen molar-refractivity contribution in [3.8, 4) is 28.5 Å². The van der Waals surface area contributed by atoms with Crippen LogP contribution in [0, 0.1) is 6.92 Å². The van der Waals surface area contributed by atoms with E-state index in [2.05, 4.69) is 10.4 Å². The van der Waals surface area contributed by atoms with Crippen molar-refractivity contribution in [2.45, 2.75) is 19.9 Å². The Morgan fingerprint density at radius 1 is 1.13 bits per heavy atom. The SMILES string of the molecule is Cc1ccc(OCCNC(=O)C(C)n2nc(-c3ccc4c(c3)OCO4)ccc2=O)cc1. The highest BCUT2D eigenvalue weighted by molar-refractivity contribution is 5.79. The van der Waals surface area contributed by atoms with E-state index in [1.54, 1.807) is 25.1 Å². The van der Waals surface area contributed by atoms with E-state index < -0.39 is 6.04 Å². The zero-order valence-corrected chi connectivity index (χ0v) is 17.3. The second-order valence-electron chi connectivity index (χ2n) is 7.20. The summed E-state index contributed by atoms with van der Waals surface area (Å²) in [6.45, 7) is 4.45. The number of nitrogens with one attached hydrogen (secondary N) is 1. The number of ether oxygens (including phenoxy) is 3. The number of benzene rings is 2. The van der Waals surface area contributed by atoms with Gasteiger partial charge in [0.25, 0.3) is 5.56 Å². The van der Waals surface area contributed by atoms with Gasteiger partial charge in [-0.15, -0.1) is 0 Å². The average molecular weight is 421 g/mol. The molecule has 4 rings (SSSR count). The van der Waals surface area contributed by atoms with Crippen LogP contribution in [0.15, 0.2) is 59.4 Å². The molecule has 1 amide bonds. The van der Waals surface area contributed by atoms with Gasteiger partial charge in [0.15, 0.2) is 11.5 Å². The molecule has 1 unspecified atom stereocenters. The van der Waals surface area contributed by atoms with E-state index in [1.165, 1.54) is 10.7 Å². The van der Waals surface area contributed by atoms with E-state index in [9.17, 15) is 9.59 Å². The Bertz CT molecular complexity index is 1140. The summed E-state index contributed by atoms with van der Waals surface area (Å²) in [6, 6.07) is 15.3. The van der Waals surface area contributed by atoms with Gasteiger partial charge in [-0.1, -0.05) is 17.7 Å². The molecule has 1 aliphatic rings. The second-order valence-corrected chi connectivity index (χ2v) is 7.20. The van der Waals surface area contributed by atoms with E-state index in [1.807, 2.05) is 37.3 Å². The van der Waals surface area contributed by atoms with E-state index in [4.69, 9.17) is 14.2 Å². The number of hydrogen-bond donors (Lipinski definition) is 1. The minimum Gasteiger partial charge on any atom is -0.492 e. The molecule has 8 nitrogen and oxygen atoms in total. The standard InChI is InChI=1S/C23H23N3O5/c1-15-3-6-18(7-4-15)29-12-11-24-23(28)16(2)26-22(27)10-8-19(25-26)17-5-9-20-21(13-17)31-14-30-20/h3-10,13,16H,11-12,14H2,1-2H3,(H,24,28). The summed E-state index contributed by atoms with van der Waals surface area (Å²) in [6.07, 6.45) is 0. The van der Waals surface area contributed by atoms with Crippen LogP contribution in [0.2, 0.25) is 0 Å². The fourth-order valence-electron chi connectivity index (χ4n) is 3.15. The van der Waals surface area contributed by atoms with Gasteiger partial charge in [0, 0.05) is 11.6 Å². The van der Waals surface area contributed by atoms with Gasteiger partial charge in [0.05, 0.1) is 12.2 Å². The highest BCUT2D eigenvalue weighted by Crippen LogP contribution is 2.35. The minimum absolute atomic E-state index is 0.177. The Labute approximate surface area is 179 Å². The van der Waals surface area contributed by atoms with Gasteiger partial charge in [-0.2, -0.15) is 5.10 Å². The molecule has 0 saturated heterocycles. The molecule has 31 heavy (non-hydrogen) atoms. The van der Waals surface area contributed by atoms with Crippen molar-refractivity contribution in [3.63, 3.8) is 0 Å². The van der Waals surface area contributed by atoms with E-state index in [-0.39, 0.29) is 18.3 Å². The third-order valence-corrected chi connectivity index (χ3v) is 4.93. The van der Waals surface area contributed by atoms with Crippen molar-refractivity contribution in [1.82, 2.24) is 15.1 Å². The molecule has 1 aromatic heterocycles. The minimum atomic E-state index is -0.777. The van der Waals surface area contributed by atoms with Crippen molar-refractivity contribution < 1.29 is 19.0 Å². The molecule has 0 saturated carbocycles. The molecule has 0 radical (unpaired) electrons. The number of carbonyl (C=O) groups is 1. The molecule has 2 aromatic carbocycles. The van der Waals surface area contributed by atoms with Gasteiger partial charge in [0.2, 0.25) is 12.7 Å². The smallest absolute Gasteiger partial charge is 0.267 e. The fourth-order valence-corrected chi connectivity index (χ4v) is 3.15. The Morgan fingerprint density at radius 3 is 2.71 bits per heavy atom. The lowest BCUT2D eigenvalue weighted by molar-refractivity contribution is -0.124. The second kappa shape index (κ2) is 8.91. The first-order valence-electron chi connectivity index (χ1n) is 9.98. The maximum atomic E-state index is 12.5. The van der Waals surface area contributed by atoms with E-state index >= 15 is 0 Å². The molecule has 8 heteroatoms. The first-order valence-corrected chi connectivity index (χ1v) is 9.98. The summed E-state index contributed by atoms with van der Waals surface area (Å²) < 4.78 is 17.5. The zero-order valence-electron chi connectivity index (χ0n) is 17.3. The lowest BCUT2D eigenvalue weighted by Gasteiger charge is -2.15. The van der Waals surface area contributed by atoms with Crippen LogP contribution in [0.5, 0.6) is 17.2 Å². The van der Waals surface area contributed by atoms with Crippen molar-refractivity contribution in [3.05, 3.63) is 70.5 Å². The van der Waals surface area contributed by atoms with Crippen molar-refractivity contribution >= 4 is 5.91 Å². The molecule has 1 aliphatic heterocycles. The Morgan fingerprint density at radius 2 is 1.90 bits per heavy atom. The summed E-state index contributed by atoms with van der Waals surface area (Å²) in [5, 5.41) is 7.17. The van der Waals surface area contributed by atoms with Gasteiger partial charge in [0.1, 0.15) is 18.4 Å². The number of amides is 1. The Kier molecular flexibility index (Phi) is 5.88. The Balaban J connectivity index is 1.39. The van der Waals surface area contributed by atoms with Crippen molar-refractivity contribution in [2.75, 3.05) is 19.9 Å². The van der Waals surface area contributed by atoms with Crippen LogP contribution in [0.3, 0.4) is 0 Å². The van der Waals surface area contributed by atoms with E-state index in [0.717, 1.165) is 16.9 Å². The van der Waals surface area contributed by atoms with Gasteiger partial charge in [-0.25, -0.2) is 4.68 Å². The average Bonchev–Trinajstić information content (AvgIpc) is 3.25. The van der Waals surface area contributed by atoms with Gasteiger partial charge in [-0.05, 0) is 50.2 Å². The van der Waals surface area contributed by atoms with Gasteiger partial charge in [-0.3, -0.25) is 9.59 Å². The molecule has 0 spiro atoms. The highest BCUT2D eigenvalue weighted by atomic mass is 16.7. The van der Waals surface area contributed by atoms with Crippen LogP contribution < -0.4 is 25.1 Å². The molecule has 1 N–H and O–H groups in total. The first kappa shape index (κ1) is 20.5. The molecule has 160 valence electrons. The van der Waals surface area contributed by atoms with Crippen LogP contribution in [-0.2, 0) is 4.79 Å². The monoisotopic (exact) mass is 421 g/mol. The zero-order chi connectivity index (χ0) is 21.8. The van der Waals surface area contributed by atoms with Crippen LogP contribution in [-0.4, -0.2) is 35.6 Å². The van der Waals surface area contributed by atoms with Gasteiger partial charge < -0.3 is 19.5 Å². The van der Waals surface area contributed by atoms with Crippen LogP contribution in [0.25, 0.3) is 11.3 Å². The summed E-state index contributed by atoms with van der Waals surface area (Å²) in [4.78, 5) is 24.9. The molecule has 3 aromatic rings. The third kappa shape index (κ3) is 4.69. The molecular formula is C23H23N3O5. The van der Waals surface area contributed by atoms with Crippen molar-refractivity contribution in [2.24, 2.45) is 0 Å². The summed E-state index contributed by atoms with van der Waals surface area (Å²) in [5.41, 5.74) is 2.11. The van der Waals surface area contributed by atoms with E-state index in [0.29, 0.717) is 30.3 Å². The van der Waals surface area contributed by atoms with Crippen molar-refractivity contribution in [1.29, 1.82) is 0 Å². The quantitative estimate of drug-likeness (QED) is 0.590. The summed E-state index contributed by atoms with van der Waals surface area (Å²) >= 11 is 0. The molecule has 2 heterocycles. The third-order valence-electron chi connectivity index (χ3n) is 4.93. The van der Waals surface area contributed by atoms with Crippen LogP contribution in [0.1, 0.15) is 18.5 Å². The normalized spacial score (nSPS) is 13.0. The number of aromatic nitrogens is 2. The van der Waals surface area contributed by atoms with Crippen LogP contribution in [0.4, 0.5) is 0 Å². The predicted molar refractivity (Wildman–Crippen MR) is 114 cm³/mol. The topological polar surface area (TPSA) is 91.7 Å². The maximum absolute atomic E-state index is 12.5. The summed E-state index contributed by atoms with van der Waals surface area (Å²) in [5.74, 6) is 1.71. The highest BCUT2D eigenvalue weighted by Gasteiger charge is 2.19. The molecule has 0 bridgehead atoms.